The minimum absolute atomic E-state index is 0.111. The number of carbonyl (C=O) groups is 1. The highest BCUT2D eigenvalue weighted by Gasteiger charge is 2.66. The normalized spacial score (nSPS) is 54.3. The van der Waals surface area contributed by atoms with E-state index in [-0.39, 0.29) is 5.41 Å². The number of fused-ring (bicyclic) bond motifs is 5. The molecule has 6 unspecified atom stereocenters. The molecule has 4 rings (SSSR count). The number of ketones is 1. The summed E-state index contributed by atoms with van der Waals surface area (Å²) in [5.41, 5.74) is 1.15. The zero-order valence-corrected chi connectivity index (χ0v) is 15.7. The van der Waals surface area contributed by atoms with Gasteiger partial charge >= 0.3 is 0 Å². The zero-order valence-electron chi connectivity index (χ0n) is 15.7. The van der Waals surface area contributed by atoms with Gasteiger partial charge < -0.3 is 0 Å². The predicted octanol–water partition coefficient (Wildman–Crippen LogP) is 5.79. The highest BCUT2D eigenvalue weighted by molar-refractivity contribution is 5.85. The highest BCUT2D eigenvalue weighted by Crippen LogP contribution is 2.73. The van der Waals surface area contributed by atoms with E-state index in [0.29, 0.717) is 27.9 Å². The van der Waals surface area contributed by atoms with Crippen molar-refractivity contribution < 1.29 is 4.79 Å². The monoisotopic (exact) mass is 314 g/mol. The van der Waals surface area contributed by atoms with Crippen LogP contribution in [0, 0.1) is 39.4 Å². The molecule has 4 aliphatic rings. The van der Waals surface area contributed by atoms with E-state index in [2.05, 4.69) is 46.8 Å². The summed E-state index contributed by atoms with van der Waals surface area (Å²) in [6.07, 6.45) is 13.5. The minimum atomic E-state index is -0.111. The van der Waals surface area contributed by atoms with Crippen molar-refractivity contribution in [3.8, 4) is 0 Å². The van der Waals surface area contributed by atoms with E-state index in [1.165, 1.54) is 32.1 Å². The van der Waals surface area contributed by atoms with Gasteiger partial charge in [-0.15, -0.1) is 0 Å². The van der Waals surface area contributed by atoms with Crippen molar-refractivity contribution in [2.24, 2.45) is 39.4 Å². The second-order valence-corrected chi connectivity index (χ2v) is 10.4. The SMILES string of the molecule is CC1(C)C(=O)CCC2(C)C1CCC1(C)C2CCC2C=CCC21C. The van der Waals surface area contributed by atoms with Gasteiger partial charge in [-0.05, 0) is 72.5 Å². The van der Waals surface area contributed by atoms with Crippen molar-refractivity contribution >= 4 is 5.78 Å². The van der Waals surface area contributed by atoms with E-state index in [9.17, 15) is 4.79 Å². The molecule has 0 spiro atoms. The number of hydrogen-bond acceptors (Lipinski definition) is 1. The topological polar surface area (TPSA) is 17.1 Å². The Morgan fingerprint density at radius 2 is 1.65 bits per heavy atom. The van der Waals surface area contributed by atoms with Gasteiger partial charge in [0.15, 0.2) is 0 Å². The van der Waals surface area contributed by atoms with Crippen molar-refractivity contribution in [2.75, 3.05) is 0 Å². The van der Waals surface area contributed by atoms with Crippen LogP contribution in [0.25, 0.3) is 0 Å². The molecular formula is C22H34O. The van der Waals surface area contributed by atoms with E-state index < -0.39 is 0 Å². The minimum Gasteiger partial charge on any atom is -0.299 e. The van der Waals surface area contributed by atoms with Gasteiger partial charge in [-0.25, -0.2) is 0 Å². The molecule has 0 saturated heterocycles. The fourth-order valence-electron chi connectivity index (χ4n) is 7.94. The molecule has 0 heterocycles. The molecule has 6 atom stereocenters. The highest BCUT2D eigenvalue weighted by atomic mass is 16.1. The first-order valence-electron chi connectivity index (χ1n) is 9.86. The maximum Gasteiger partial charge on any atom is 0.138 e. The summed E-state index contributed by atoms with van der Waals surface area (Å²) in [7, 11) is 0. The van der Waals surface area contributed by atoms with E-state index in [1.54, 1.807) is 0 Å². The molecule has 0 aliphatic heterocycles. The molecule has 0 radical (unpaired) electrons. The fraction of sp³-hybridized carbons (Fsp3) is 0.864. The third kappa shape index (κ3) is 1.72. The quantitative estimate of drug-likeness (QED) is 0.517. The van der Waals surface area contributed by atoms with Crippen LogP contribution in [0.4, 0.5) is 0 Å². The van der Waals surface area contributed by atoms with Crippen LogP contribution in [-0.2, 0) is 4.79 Å². The van der Waals surface area contributed by atoms with Gasteiger partial charge in [-0.2, -0.15) is 0 Å². The Balaban J connectivity index is 1.77. The Morgan fingerprint density at radius 3 is 2.39 bits per heavy atom. The van der Waals surface area contributed by atoms with Gasteiger partial charge in [0.25, 0.3) is 0 Å². The third-order valence-corrected chi connectivity index (χ3v) is 9.59. The molecule has 0 aromatic carbocycles. The lowest BCUT2D eigenvalue weighted by Crippen LogP contribution is -2.63. The molecule has 128 valence electrons. The van der Waals surface area contributed by atoms with Crippen LogP contribution in [0.15, 0.2) is 12.2 Å². The fourth-order valence-corrected chi connectivity index (χ4v) is 7.94. The van der Waals surface area contributed by atoms with E-state index >= 15 is 0 Å². The summed E-state index contributed by atoms with van der Waals surface area (Å²) in [5, 5.41) is 0. The summed E-state index contributed by atoms with van der Waals surface area (Å²) in [6, 6.07) is 0. The Bertz CT molecular complexity index is 573. The largest absolute Gasteiger partial charge is 0.299 e. The van der Waals surface area contributed by atoms with Gasteiger partial charge in [0.2, 0.25) is 0 Å². The molecule has 1 heteroatoms. The lowest BCUT2D eigenvalue weighted by atomic mass is 9.36. The second kappa shape index (κ2) is 4.52. The van der Waals surface area contributed by atoms with Gasteiger partial charge in [0.1, 0.15) is 5.78 Å². The van der Waals surface area contributed by atoms with Crippen molar-refractivity contribution in [1.29, 1.82) is 0 Å². The van der Waals surface area contributed by atoms with E-state index in [4.69, 9.17) is 0 Å². The smallest absolute Gasteiger partial charge is 0.138 e. The first-order valence-corrected chi connectivity index (χ1v) is 9.86. The van der Waals surface area contributed by atoms with Gasteiger partial charge in [0.05, 0.1) is 0 Å². The van der Waals surface area contributed by atoms with Gasteiger partial charge in [-0.1, -0.05) is 46.8 Å². The van der Waals surface area contributed by atoms with E-state index in [0.717, 1.165) is 24.7 Å². The first kappa shape index (κ1) is 15.9. The van der Waals surface area contributed by atoms with Crippen molar-refractivity contribution in [3.63, 3.8) is 0 Å². The molecule has 4 aliphatic carbocycles. The average molecular weight is 315 g/mol. The molecule has 23 heavy (non-hydrogen) atoms. The Hall–Kier alpha value is -0.590. The van der Waals surface area contributed by atoms with Crippen LogP contribution in [0.3, 0.4) is 0 Å². The average Bonchev–Trinajstić information content (AvgIpc) is 2.86. The molecule has 1 nitrogen and oxygen atoms in total. The Kier molecular flexibility index (Phi) is 3.13. The second-order valence-electron chi connectivity index (χ2n) is 10.4. The number of rotatable bonds is 0. The standard InChI is InChI=1S/C22H34O/c1-19(2)16-10-14-22(5)17(20(16,3)13-11-18(19)23)9-8-15-7-6-12-21(15,22)4/h6-7,15-17H,8-14H2,1-5H3. The summed E-state index contributed by atoms with van der Waals surface area (Å²) in [6.45, 7) is 12.2. The summed E-state index contributed by atoms with van der Waals surface area (Å²) in [4.78, 5) is 12.6. The Labute approximate surface area is 142 Å². The molecule has 3 saturated carbocycles. The van der Waals surface area contributed by atoms with Crippen LogP contribution in [-0.4, -0.2) is 5.78 Å². The molecule has 0 aromatic heterocycles. The van der Waals surface area contributed by atoms with Crippen molar-refractivity contribution in [3.05, 3.63) is 12.2 Å². The molecule has 0 N–H and O–H groups in total. The van der Waals surface area contributed by atoms with Crippen molar-refractivity contribution in [2.45, 2.75) is 79.6 Å². The van der Waals surface area contributed by atoms with Crippen LogP contribution in [0.1, 0.15) is 79.6 Å². The van der Waals surface area contributed by atoms with Gasteiger partial charge in [0, 0.05) is 11.8 Å². The van der Waals surface area contributed by atoms with Crippen LogP contribution >= 0.6 is 0 Å². The van der Waals surface area contributed by atoms with Crippen LogP contribution < -0.4 is 0 Å². The molecular weight excluding hydrogens is 280 g/mol. The maximum atomic E-state index is 12.6. The van der Waals surface area contributed by atoms with Crippen LogP contribution in [0.5, 0.6) is 0 Å². The summed E-state index contributed by atoms with van der Waals surface area (Å²) < 4.78 is 0. The zero-order chi connectivity index (χ0) is 16.7. The number of allylic oxidation sites excluding steroid dienone is 2. The van der Waals surface area contributed by atoms with Gasteiger partial charge in [-0.3, -0.25) is 4.79 Å². The lowest BCUT2D eigenvalue weighted by molar-refractivity contribution is -0.197. The Morgan fingerprint density at radius 1 is 0.913 bits per heavy atom. The van der Waals surface area contributed by atoms with E-state index in [1.807, 2.05) is 0 Å². The summed E-state index contributed by atoms with van der Waals surface area (Å²) >= 11 is 0. The maximum absolute atomic E-state index is 12.6. The van der Waals surface area contributed by atoms with Crippen LogP contribution in [0.2, 0.25) is 0 Å². The molecule has 0 aromatic rings. The lowest BCUT2D eigenvalue weighted by Gasteiger charge is -2.68. The third-order valence-electron chi connectivity index (χ3n) is 9.59. The predicted molar refractivity (Wildman–Crippen MR) is 95.0 cm³/mol. The number of carbonyl (C=O) groups excluding carboxylic acids is 1. The van der Waals surface area contributed by atoms with Crippen molar-refractivity contribution in [1.82, 2.24) is 0 Å². The number of Topliss-reactive ketones (excluding diaryl/α,β-unsaturated/α-hetero) is 1. The molecule has 0 bridgehead atoms. The first-order chi connectivity index (χ1) is 10.7. The summed E-state index contributed by atoms with van der Waals surface area (Å²) in [5.74, 6) is 2.69. The molecule has 3 fully saturated rings. The molecule has 0 amide bonds. The number of hydrogen-bond donors (Lipinski definition) is 0.